The van der Waals surface area contributed by atoms with Gasteiger partial charge in [-0.1, -0.05) is 23.7 Å². The van der Waals surface area contributed by atoms with Crippen molar-refractivity contribution in [3.63, 3.8) is 0 Å². The molecule has 1 amide bonds. The normalized spacial score (nSPS) is 11.1. The average Bonchev–Trinajstić information content (AvgIpc) is 3.21. The van der Waals surface area contributed by atoms with E-state index in [1.54, 1.807) is 48.5 Å². The van der Waals surface area contributed by atoms with Crippen LogP contribution in [0.1, 0.15) is 5.56 Å². The Bertz CT molecular complexity index is 1360. The molecule has 1 heterocycles. The Balaban J connectivity index is 1.50. The molecule has 0 saturated carbocycles. The number of fused-ring (bicyclic) bond motifs is 1. The minimum absolute atomic E-state index is 0.0435. The Morgan fingerprint density at radius 2 is 2.03 bits per heavy atom. The molecule has 4 rings (SSSR count). The van der Waals surface area contributed by atoms with E-state index >= 15 is 0 Å². The number of rotatable bonds is 6. The van der Waals surface area contributed by atoms with Crippen molar-refractivity contribution in [2.45, 2.75) is 0 Å². The number of hydrogen-bond donors (Lipinski definition) is 1. The zero-order valence-electron chi connectivity index (χ0n) is 16.7. The molecule has 0 bridgehead atoms. The summed E-state index contributed by atoms with van der Waals surface area (Å²) in [4.78, 5) is 27.1. The number of methoxy groups -OCH3 is 1. The number of anilines is 1. The van der Waals surface area contributed by atoms with Crippen LogP contribution in [0.3, 0.4) is 0 Å². The number of benzene rings is 3. The van der Waals surface area contributed by atoms with E-state index in [1.807, 2.05) is 0 Å². The monoisotopic (exact) mass is 449 g/mol. The molecule has 0 radical (unpaired) electrons. The molecule has 0 fully saturated rings. The number of oxazole rings is 1. The second-order valence-corrected chi connectivity index (χ2v) is 7.13. The molecule has 0 aliphatic carbocycles. The van der Waals surface area contributed by atoms with Crippen molar-refractivity contribution < 1.29 is 18.9 Å². The molecular weight excluding hydrogens is 434 g/mol. The van der Waals surface area contributed by atoms with Crippen molar-refractivity contribution in [3.05, 3.63) is 87.4 Å². The Kier molecular flexibility index (Phi) is 5.87. The van der Waals surface area contributed by atoms with Gasteiger partial charge in [-0.15, -0.1) is 0 Å². The van der Waals surface area contributed by atoms with Crippen molar-refractivity contribution in [2.75, 3.05) is 12.4 Å². The topological polar surface area (TPSA) is 108 Å². The lowest BCUT2D eigenvalue weighted by Crippen LogP contribution is -2.07. The molecule has 0 atom stereocenters. The van der Waals surface area contributed by atoms with Gasteiger partial charge in [0.05, 0.1) is 17.1 Å². The van der Waals surface area contributed by atoms with Gasteiger partial charge in [-0.2, -0.15) is 0 Å². The molecule has 3 aromatic carbocycles. The molecule has 0 aliphatic heterocycles. The van der Waals surface area contributed by atoms with Crippen molar-refractivity contribution in [1.29, 1.82) is 0 Å². The van der Waals surface area contributed by atoms with E-state index in [2.05, 4.69) is 10.3 Å². The lowest BCUT2D eigenvalue weighted by Gasteiger charge is -2.03. The fraction of sp³-hybridized carbons (Fsp3) is 0.0435. The highest BCUT2D eigenvalue weighted by atomic mass is 35.5. The van der Waals surface area contributed by atoms with E-state index in [0.29, 0.717) is 44.6 Å². The lowest BCUT2D eigenvalue weighted by molar-refractivity contribution is -0.384. The molecule has 0 unspecified atom stereocenters. The SMILES string of the molecule is COc1ccc(-c2nc3cc(NC(=O)C=Cc4cccc([N+](=O)[O-])c4)ccc3o2)cc1Cl. The highest BCUT2D eigenvalue weighted by molar-refractivity contribution is 6.32. The summed E-state index contributed by atoms with van der Waals surface area (Å²) in [5, 5.41) is 14.0. The van der Waals surface area contributed by atoms with Gasteiger partial charge in [0, 0.05) is 29.5 Å². The smallest absolute Gasteiger partial charge is 0.270 e. The number of halogens is 1. The van der Waals surface area contributed by atoms with Crippen LogP contribution >= 0.6 is 11.6 Å². The van der Waals surface area contributed by atoms with Gasteiger partial charge >= 0.3 is 0 Å². The quantitative estimate of drug-likeness (QED) is 0.229. The van der Waals surface area contributed by atoms with E-state index in [-0.39, 0.29) is 11.6 Å². The van der Waals surface area contributed by atoms with Crippen LogP contribution in [-0.2, 0) is 4.79 Å². The molecule has 4 aromatic rings. The molecule has 32 heavy (non-hydrogen) atoms. The van der Waals surface area contributed by atoms with Gasteiger partial charge in [-0.3, -0.25) is 14.9 Å². The van der Waals surface area contributed by atoms with Gasteiger partial charge in [0.25, 0.3) is 5.69 Å². The standard InChI is InChI=1S/C23H16ClN3O5/c1-31-20-8-6-15(12-18(20)24)23-26-19-13-16(7-9-21(19)32-23)25-22(28)10-5-14-3-2-4-17(11-14)27(29)30/h2-13H,1H3,(H,25,28). The average molecular weight is 450 g/mol. The van der Waals surface area contributed by atoms with Gasteiger partial charge in [-0.25, -0.2) is 4.98 Å². The van der Waals surface area contributed by atoms with Crippen molar-refractivity contribution in [1.82, 2.24) is 4.98 Å². The Hall–Kier alpha value is -4.17. The summed E-state index contributed by atoms with van der Waals surface area (Å²) in [5.74, 6) is 0.551. The molecule has 0 saturated heterocycles. The van der Waals surface area contributed by atoms with E-state index in [1.165, 1.54) is 31.4 Å². The number of hydrogen-bond acceptors (Lipinski definition) is 6. The maximum absolute atomic E-state index is 12.3. The number of carbonyl (C=O) groups is 1. The summed E-state index contributed by atoms with van der Waals surface area (Å²) in [6.45, 7) is 0. The molecule has 1 aromatic heterocycles. The molecule has 1 N–H and O–H groups in total. The minimum Gasteiger partial charge on any atom is -0.495 e. The highest BCUT2D eigenvalue weighted by Gasteiger charge is 2.12. The highest BCUT2D eigenvalue weighted by Crippen LogP contribution is 2.32. The number of amides is 1. The van der Waals surface area contributed by atoms with Gasteiger partial charge in [0.15, 0.2) is 5.58 Å². The second-order valence-electron chi connectivity index (χ2n) is 6.73. The fourth-order valence-corrected chi connectivity index (χ4v) is 3.28. The summed E-state index contributed by atoms with van der Waals surface area (Å²) in [6.07, 6.45) is 2.80. The van der Waals surface area contributed by atoms with Gasteiger partial charge < -0.3 is 14.5 Å². The summed E-state index contributed by atoms with van der Waals surface area (Å²) >= 11 is 6.18. The predicted octanol–water partition coefficient (Wildman–Crippen LogP) is 5.72. The first-order valence-corrected chi connectivity index (χ1v) is 9.79. The predicted molar refractivity (Wildman–Crippen MR) is 122 cm³/mol. The van der Waals surface area contributed by atoms with Crippen LogP contribution in [0.2, 0.25) is 5.02 Å². The molecule has 8 nitrogen and oxygen atoms in total. The number of nitro benzene ring substituents is 1. The largest absolute Gasteiger partial charge is 0.495 e. The van der Waals surface area contributed by atoms with Crippen LogP contribution in [0.4, 0.5) is 11.4 Å². The van der Waals surface area contributed by atoms with Crippen LogP contribution in [0.15, 0.2) is 71.2 Å². The van der Waals surface area contributed by atoms with Crippen molar-refractivity contribution in [3.8, 4) is 17.2 Å². The molecular formula is C23H16ClN3O5. The maximum atomic E-state index is 12.3. The third-order valence-corrected chi connectivity index (χ3v) is 4.86. The van der Waals surface area contributed by atoms with Crippen molar-refractivity contribution >= 4 is 46.1 Å². The van der Waals surface area contributed by atoms with Gasteiger partial charge in [0.2, 0.25) is 11.8 Å². The first-order chi connectivity index (χ1) is 15.4. The summed E-state index contributed by atoms with van der Waals surface area (Å²) in [5.41, 5.74) is 2.84. The number of nitrogens with zero attached hydrogens (tertiary/aromatic N) is 2. The van der Waals surface area contributed by atoms with E-state index in [9.17, 15) is 14.9 Å². The Labute approximate surface area is 187 Å². The number of non-ortho nitro benzene ring substituents is 1. The van der Waals surface area contributed by atoms with E-state index in [0.717, 1.165) is 0 Å². The van der Waals surface area contributed by atoms with Crippen LogP contribution < -0.4 is 10.1 Å². The van der Waals surface area contributed by atoms with Gasteiger partial charge in [-0.05, 0) is 48.0 Å². The molecule has 0 spiro atoms. The van der Waals surface area contributed by atoms with E-state index in [4.69, 9.17) is 20.8 Å². The second kappa shape index (κ2) is 8.91. The number of carbonyl (C=O) groups excluding carboxylic acids is 1. The number of aromatic nitrogens is 1. The van der Waals surface area contributed by atoms with Crippen LogP contribution in [-0.4, -0.2) is 22.9 Å². The van der Waals surface area contributed by atoms with E-state index < -0.39 is 4.92 Å². The molecule has 160 valence electrons. The minimum atomic E-state index is -0.487. The number of nitro groups is 1. The number of ether oxygens (including phenoxy) is 1. The number of nitrogens with one attached hydrogen (secondary N) is 1. The maximum Gasteiger partial charge on any atom is 0.270 e. The van der Waals surface area contributed by atoms with Crippen LogP contribution in [0.25, 0.3) is 28.6 Å². The fourth-order valence-electron chi connectivity index (χ4n) is 3.03. The Morgan fingerprint density at radius 1 is 1.19 bits per heavy atom. The lowest BCUT2D eigenvalue weighted by atomic mass is 10.2. The van der Waals surface area contributed by atoms with Crippen molar-refractivity contribution in [2.24, 2.45) is 0 Å². The Morgan fingerprint density at radius 3 is 2.78 bits per heavy atom. The molecule has 0 aliphatic rings. The third kappa shape index (κ3) is 4.60. The summed E-state index contributed by atoms with van der Waals surface area (Å²) < 4.78 is 10.9. The third-order valence-electron chi connectivity index (χ3n) is 4.56. The van der Waals surface area contributed by atoms with Gasteiger partial charge in [0.1, 0.15) is 11.3 Å². The summed E-state index contributed by atoms with van der Waals surface area (Å²) in [6, 6.07) is 16.3. The zero-order valence-corrected chi connectivity index (χ0v) is 17.5. The summed E-state index contributed by atoms with van der Waals surface area (Å²) in [7, 11) is 1.54. The first-order valence-electron chi connectivity index (χ1n) is 9.41. The molecule has 9 heteroatoms. The first kappa shape index (κ1) is 21.1. The zero-order chi connectivity index (χ0) is 22.7. The van der Waals surface area contributed by atoms with Crippen LogP contribution in [0, 0.1) is 10.1 Å². The van der Waals surface area contributed by atoms with Crippen LogP contribution in [0.5, 0.6) is 5.75 Å².